The van der Waals surface area contributed by atoms with Crippen molar-refractivity contribution in [2.24, 2.45) is 5.92 Å². The zero-order valence-corrected chi connectivity index (χ0v) is 26.2. The second-order valence-electron chi connectivity index (χ2n) is 11.5. The van der Waals surface area contributed by atoms with Gasteiger partial charge in [-0.2, -0.15) is 13.2 Å². The van der Waals surface area contributed by atoms with Crippen molar-refractivity contribution in [2.75, 3.05) is 0 Å². The Hall–Kier alpha value is -4.75. The van der Waals surface area contributed by atoms with Crippen LogP contribution >= 0.6 is 0 Å². The molecule has 0 radical (unpaired) electrons. The first-order valence-corrected chi connectivity index (χ1v) is 14.6. The van der Waals surface area contributed by atoms with Crippen LogP contribution in [0.2, 0.25) is 0 Å². The summed E-state index contributed by atoms with van der Waals surface area (Å²) < 4.78 is 39.9. The molecule has 0 aromatic heterocycles. The standard InChI is InChI=1S/C32H39F3N4O7/c1-6-18(2)25(28(43)39-31(4,5)30(45)46)38-29(44)26(41)19(3)36-27(42)23(37-24(40)17-20-11-8-7-9-12-20)16-21-13-10-14-22(15-21)32(33,34)35/h7-15,18-19,23,25H,6,16-17H2,1-5H3,(H,36,42)(H,37,40)(H,38,44)(H,39,43)(H,45,46)/t18-,19?,23-,25-/m0/s1. The number of carboxylic acids is 1. The molecular weight excluding hydrogens is 609 g/mol. The van der Waals surface area contributed by atoms with Gasteiger partial charge in [0.15, 0.2) is 0 Å². The SMILES string of the molecule is CC[C@H](C)[C@H](NC(=O)C(=O)C(C)NC(=O)[C@H](Cc1cccc(C(F)(F)F)c1)NC(=O)Cc1ccccc1)C(=O)NC(C)(C)C(=O)O. The molecule has 4 amide bonds. The van der Waals surface area contributed by atoms with Crippen molar-refractivity contribution in [1.29, 1.82) is 0 Å². The van der Waals surface area contributed by atoms with Crippen LogP contribution in [0.25, 0.3) is 0 Å². The summed E-state index contributed by atoms with van der Waals surface area (Å²) in [5.74, 6) is -6.60. The lowest BCUT2D eigenvalue weighted by Gasteiger charge is -2.28. The second-order valence-corrected chi connectivity index (χ2v) is 11.5. The van der Waals surface area contributed by atoms with Crippen LogP contribution < -0.4 is 21.3 Å². The molecule has 4 atom stereocenters. The van der Waals surface area contributed by atoms with Crippen molar-refractivity contribution in [3.8, 4) is 0 Å². The van der Waals surface area contributed by atoms with Crippen LogP contribution in [0.1, 0.15) is 57.7 Å². The lowest BCUT2D eigenvalue weighted by molar-refractivity contribution is -0.147. The minimum atomic E-state index is -4.65. The smallest absolute Gasteiger partial charge is 0.416 e. The molecule has 5 N–H and O–H groups in total. The fourth-order valence-electron chi connectivity index (χ4n) is 4.28. The molecule has 0 aliphatic rings. The maximum absolute atomic E-state index is 13.3. The summed E-state index contributed by atoms with van der Waals surface area (Å²) in [6.45, 7) is 7.03. The molecule has 0 aliphatic heterocycles. The van der Waals surface area contributed by atoms with Crippen molar-refractivity contribution >= 4 is 35.4 Å². The summed E-state index contributed by atoms with van der Waals surface area (Å²) >= 11 is 0. The average Bonchev–Trinajstić information content (AvgIpc) is 2.98. The molecule has 0 saturated heterocycles. The van der Waals surface area contributed by atoms with E-state index in [0.717, 1.165) is 18.2 Å². The number of alkyl halides is 3. The minimum Gasteiger partial charge on any atom is -0.480 e. The van der Waals surface area contributed by atoms with Crippen LogP contribution in [0.4, 0.5) is 13.2 Å². The Balaban J connectivity index is 2.22. The first-order chi connectivity index (χ1) is 21.3. The highest BCUT2D eigenvalue weighted by Gasteiger charge is 2.36. The lowest BCUT2D eigenvalue weighted by Crippen LogP contribution is -2.60. The highest BCUT2D eigenvalue weighted by Crippen LogP contribution is 2.29. The molecule has 2 aromatic rings. The number of aliphatic carboxylic acids is 1. The van der Waals surface area contributed by atoms with Crippen LogP contribution in [0, 0.1) is 5.92 Å². The van der Waals surface area contributed by atoms with E-state index in [-0.39, 0.29) is 18.4 Å². The summed E-state index contributed by atoms with van der Waals surface area (Å²) in [4.78, 5) is 76.3. The van der Waals surface area contributed by atoms with Gasteiger partial charge in [0.05, 0.1) is 18.0 Å². The Morgan fingerprint density at radius 1 is 0.826 bits per heavy atom. The van der Waals surface area contributed by atoms with Gasteiger partial charge in [0.1, 0.15) is 17.6 Å². The number of hydrogen-bond donors (Lipinski definition) is 5. The molecule has 250 valence electrons. The van der Waals surface area contributed by atoms with Crippen molar-refractivity contribution in [3.63, 3.8) is 0 Å². The molecule has 0 aliphatic carbocycles. The monoisotopic (exact) mass is 648 g/mol. The molecule has 11 nitrogen and oxygen atoms in total. The highest BCUT2D eigenvalue weighted by atomic mass is 19.4. The molecule has 0 saturated carbocycles. The van der Waals surface area contributed by atoms with E-state index in [2.05, 4.69) is 21.3 Å². The third-order valence-electron chi connectivity index (χ3n) is 7.28. The van der Waals surface area contributed by atoms with E-state index in [9.17, 15) is 47.0 Å². The minimum absolute atomic E-state index is 0.0819. The Bertz CT molecular complexity index is 1430. The lowest BCUT2D eigenvalue weighted by atomic mass is 9.96. The topological polar surface area (TPSA) is 171 Å². The number of carbonyl (C=O) groups excluding carboxylic acids is 5. The third kappa shape index (κ3) is 11.0. The summed E-state index contributed by atoms with van der Waals surface area (Å²) in [7, 11) is 0. The fraction of sp³-hybridized carbons (Fsp3) is 0.438. The van der Waals surface area contributed by atoms with Crippen LogP contribution in [0.15, 0.2) is 54.6 Å². The number of carboxylic acid groups (broad SMARTS) is 1. The largest absolute Gasteiger partial charge is 0.480 e. The summed E-state index contributed by atoms with van der Waals surface area (Å²) in [6.07, 6.45) is -4.76. The molecule has 0 heterocycles. The second kappa shape index (κ2) is 16.0. The van der Waals surface area contributed by atoms with E-state index >= 15 is 0 Å². The predicted molar refractivity (Wildman–Crippen MR) is 161 cm³/mol. The van der Waals surface area contributed by atoms with E-state index in [1.807, 2.05) is 0 Å². The van der Waals surface area contributed by atoms with E-state index in [0.29, 0.717) is 12.0 Å². The first-order valence-electron chi connectivity index (χ1n) is 14.6. The molecule has 1 unspecified atom stereocenters. The number of benzene rings is 2. The normalized spacial score (nSPS) is 14.2. The van der Waals surface area contributed by atoms with E-state index in [4.69, 9.17) is 0 Å². The van der Waals surface area contributed by atoms with Crippen molar-refractivity contribution in [1.82, 2.24) is 21.3 Å². The first kappa shape index (κ1) is 37.4. The van der Waals surface area contributed by atoms with E-state index in [1.54, 1.807) is 44.2 Å². The van der Waals surface area contributed by atoms with E-state index in [1.165, 1.54) is 26.8 Å². The maximum Gasteiger partial charge on any atom is 0.416 e. The van der Waals surface area contributed by atoms with Crippen LogP contribution in [0.3, 0.4) is 0 Å². The molecule has 0 spiro atoms. The van der Waals surface area contributed by atoms with Gasteiger partial charge in [0, 0.05) is 6.42 Å². The number of ketones is 1. The van der Waals surface area contributed by atoms with Crippen LogP contribution in [-0.4, -0.2) is 64.2 Å². The van der Waals surface area contributed by atoms with E-state index < -0.39 is 76.7 Å². The molecule has 0 fully saturated rings. The molecule has 2 aromatic carbocycles. The summed E-state index contributed by atoms with van der Waals surface area (Å²) in [6, 6.07) is 8.55. The molecule has 0 bridgehead atoms. The van der Waals surface area contributed by atoms with Gasteiger partial charge in [-0.3, -0.25) is 24.0 Å². The van der Waals surface area contributed by atoms with Crippen LogP contribution in [0.5, 0.6) is 0 Å². The van der Waals surface area contributed by atoms with Gasteiger partial charge >= 0.3 is 12.1 Å². The number of rotatable bonds is 15. The van der Waals surface area contributed by atoms with Gasteiger partial charge in [-0.05, 0) is 43.9 Å². The van der Waals surface area contributed by atoms with Gasteiger partial charge < -0.3 is 26.4 Å². The number of Topliss-reactive ketones (excluding diaryl/α,β-unsaturated/α-hetero) is 1. The predicted octanol–water partition coefficient (Wildman–Crippen LogP) is 2.56. The summed E-state index contributed by atoms with van der Waals surface area (Å²) in [5.41, 5.74) is -1.92. The van der Waals surface area contributed by atoms with Gasteiger partial charge in [0.2, 0.25) is 23.5 Å². The Kier molecular flexibility index (Phi) is 13.0. The molecular formula is C32H39F3N4O7. The fourth-order valence-corrected chi connectivity index (χ4v) is 4.28. The Morgan fingerprint density at radius 3 is 2.00 bits per heavy atom. The van der Waals surface area contributed by atoms with Gasteiger partial charge in [0.25, 0.3) is 5.91 Å². The van der Waals surface area contributed by atoms with Crippen molar-refractivity contribution in [2.45, 2.75) is 83.7 Å². The van der Waals surface area contributed by atoms with Crippen molar-refractivity contribution in [3.05, 3.63) is 71.3 Å². The average molecular weight is 649 g/mol. The van der Waals surface area contributed by atoms with Gasteiger partial charge in [-0.15, -0.1) is 0 Å². The summed E-state index contributed by atoms with van der Waals surface area (Å²) in [5, 5.41) is 18.8. The van der Waals surface area contributed by atoms with Gasteiger partial charge in [-0.1, -0.05) is 68.8 Å². The zero-order chi connectivity index (χ0) is 34.8. The molecule has 46 heavy (non-hydrogen) atoms. The molecule has 2 rings (SSSR count). The van der Waals surface area contributed by atoms with Gasteiger partial charge in [-0.25, -0.2) is 4.79 Å². The number of amides is 4. The Morgan fingerprint density at radius 2 is 1.43 bits per heavy atom. The van der Waals surface area contributed by atoms with Crippen LogP contribution in [-0.2, 0) is 47.8 Å². The third-order valence-corrected chi connectivity index (χ3v) is 7.28. The Labute approximate surface area is 264 Å². The van der Waals surface area contributed by atoms with Crippen molar-refractivity contribution < 1.29 is 47.0 Å². The highest BCUT2D eigenvalue weighted by molar-refractivity contribution is 6.38. The number of hydrogen-bond acceptors (Lipinski definition) is 6. The zero-order valence-electron chi connectivity index (χ0n) is 26.2. The number of nitrogens with one attached hydrogen (secondary N) is 4. The number of carbonyl (C=O) groups is 6. The quantitative estimate of drug-likeness (QED) is 0.185. The maximum atomic E-state index is 13.3. The number of halogens is 3. The molecule has 14 heteroatoms.